The number of hydrogen-bond donors (Lipinski definition) is 2. The highest BCUT2D eigenvalue weighted by Gasteiger charge is 2.21. The average Bonchev–Trinajstić information content (AvgIpc) is 3.12. The molecule has 25 heavy (non-hydrogen) atoms. The SMILES string of the molecule is CC(CC(=O)NCCc1cnn(-c2ccccc2)c1)C1CCCNC1. The van der Waals surface area contributed by atoms with Crippen LogP contribution in [0.25, 0.3) is 5.69 Å². The van der Waals surface area contributed by atoms with Crippen molar-refractivity contribution in [2.75, 3.05) is 19.6 Å². The van der Waals surface area contributed by atoms with Crippen molar-refractivity contribution in [1.82, 2.24) is 20.4 Å². The lowest BCUT2D eigenvalue weighted by Crippen LogP contribution is -2.35. The average molecular weight is 340 g/mol. The van der Waals surface area contributed by atoms with Crippen LogP contribution in [0, 0.1) is 11.8 Å². The van der Waals surface area contributed by atoms with Gasteiger partial charge in [0.15, 0.2) is 0 Å². The van der Waals surface area contributed by atoms with Crippen molar-refractivity contribution >= 4 is 5.91 Å². The van der Waals surface area contributed by atoms with Gasteiger partial charge in [-0.3, -0.25) is 4.79 Å². The van der Waals surface area contributed by atoms with E-state index in [9.17, 15) is 4.79 Å². The van der Waals surface area contributed by atoms with Gasteiger partial charge in [-0.15, -0.1) is 0 Å². The van der Waals surface area contributed by atoms with Crippen LogP contribution in [-0.2, 0) is 11.2 Å². The molecule has 0 radical (unpaired) electrons. The number of para-hydroxylation sites is 1. The number of nitrogens with one attached hydrogen (secondary N) is 2. The van der Waals surface area contributed by atoms with Crippen molar-refractivity contribution in [3.8, 4) is 5.69 Å². The third-order valence-corrected chi connectivity index (χ3v) is 5.04. The van der Waals surface area contributed by atoms with Crippen molar-refractivity contribution in [2.24, 2.45) is 11.8 Å². The number of hydrogen-bond acceptors (Lipinski definition) is 3. The van der Waals surface area contributed by atoms with E-state index in [-0.39, 0.29) is 5.91 Å². The molecule has 5 heteroatoms. The Kier molecular flexibility index (Phi) is 6.23. The first-order valence-electron chi connectivity index (χ1n) is 9.29. The van der Waals surface area contributed by atoms with Crippen LogP contribution in [0.2, 0.25) is 0 Å². The molecule has 0 saturated carbocycles. The lowest BCUT2D eigenvalue weighted by atomic mass is 9.85. The van der Waals surface area contributed by atoms with Crippen molar-refractivity contribution in [2.45, 2.75) is 32.6 Å². The quantitative estimate of drug-likeness (QED) is 0.814. The second kappa shape index (κ2) is 8.81. The Morgan fingerprint density at radius 2 is 2.24 bits per heavy atom. The van der Waals surface area contributed by atoms with E-state index in [0.717, 1.165) is 30.8 Å². The van der Waals surface area contributed by atoms with Gasteiger partial charge in [0.25, 0.3) is 0 Å². The molecule has 1 aromatic heterocycles. The Bertz CT molecular complexity index is 661. The molecular weight excluding hydrogens is 312 g/mol. The van der Waals surface area contributed by atoms with Crippen molar-refractivity contribution in [3.05, 3.63) is 48.3 Å². The maximum Gasteiger partial charge on any atom is 0.220 e. The molecule has 1 aliphatic rings. The predicted molar refractivity (Wildman–Crippen MR) is 99.7 cm³/mol. The Balaban J connectivity index is 1.40. The van der Waals surface area contributed by atoms with Gasteiger partial charge in [-0.1, -0.05) is 25.1 Å². The molecule has 2 N–H and O–H groups in total. The minimum atomic E-state index is 0.161. The fourth-order valence-corrected chi connectivity index (χ4v) is 3.45. The van der Waals surface area contributed by atoms with Gasteiger partial charge in [0.1, 0.15) is 0 Å². The van der Waals surface area contributed by atoms with Gasteiger partial charge >= 0.3 is 0 Å². The number of piperidine rings is 1. The van der Waals surface area contributed by atoms with Crippen molar-refractivity contribution in [3.63, 3.8) is 0 Å². The van der Waals surface area contributed by atoms with Crippen LogP contribution in [0.1, 0.15) is 31.7 Å². The molecule has 134 valence electrons. The van der Waals surface area contributed by atoms with E-state index in [0.29, 0.717) is 24.8 Å². The second-order valence-corrected chi connectivity index (χ2v) is 7.02. The molecule has 5 nitrogen and oxygen atoms in total. The summed E-state index contributed by atoms with van der Waals surface area (Å²) in [4.78, 5) is 12.2. The van der Waals surface area contributed by atoms with Gasteiger partial charge in [-0.05, 0) is 61.9 Å². The molecular formula is C20H28N4O. The third-order valence-electron chi connectivity index (χ3n) is 5.04. The molecule has 3 rings (SSSR count). The number of aromatic nitrogens is 2. The molecule has 0 aliphatic carbocycles. The summed E-state index contributed by atoms with van der Waals surface area (Å²) in [6.45, 7) is 5.02. The number of rotatable bonds is 7. The fraction of sp³-hybridized carbons (Fsp3) is 0.500. The van der Waals surface area contributed by atoms with E-state index in [1.165, 1.54) is 12.8 Å². The standard InChI is InChI=1S/C20H28N4O/c1-16(18-6-5-10-21-14-18)12-20(25)22-11-9-17-13-23-24(15-17)19-7-3-2-4-8-19/h2-4,7-8,13,15-16,18,21H,5-6,9-12,14H2,1H3,(H,22,25). The van der Waals surface area contributed by atoms with E-state index in [2.05, 4.69) is 22.7 Å². The first-order chi connectivity index (χ1) is 12.2. The molecule has 1 aromatic carbocycles. The summed E-state index contributed by atoms with van der Waals surface area (Å²) in [6.07, 6.45) is 7.78. The van der Waals surface area contributed by atoms with Crippen molar-refractivity contribution < 1.29 is 4.79 Å². The highest BCUT2D eigenvalue weighted by atomic mass is 16.1. The Morgan fingerprint density at radius 3 is 3.00 bits per heavy atom. The van der Waals surface area contributed by atoms with E-state index in [4.69, 9.17) is 0 Å². The molecule has 1 aliphatic heterocycles. The van der Waals surface area contributed by atoms with Gasteiger partial charge in [0, 0.05) is 19.2 Å². The summed E-state index contributed by atoms with van der Waals surface area (Å²) in [5.74, 6) is 1.23. The molecule has 0 spiro atoms. The first-order valence-corrected chi connectivity index (χ1v) is 9.29. The molecule has 1 fully saturated rings. The van der Waals surface area contributed by atoms with Gasteiger partial charge < -0.3 is 10.6 Å². The second-order valence-electron chi connectivity index (χ2n) is 7.02. The summed E-state index contributed by atoms with van der Waals surface area (Å²) < 4.78 is 1.87. The predicted octanol–water partition coefficient (Wildman–Crippen LogP) is 2.56. The van der Waals surface area contributed by atoms with Crippen LogP contribution < -0.4 is 10.6 Å². The Labute approximate surface area is 149 Å². The fourth-order valence-electron chi connectivity index (χ4n) is 3.45. The maximum atomic E-state index is 12.2. The van der Waals surface area contributed by atoms with E-state index >= 15 is 0 Å². The van der Waals surface area contributed by atoms with Crippen LogP contribution in [0.5, 0.6) is 0 Å². The first kappa shape index (κ1) is 17.7. The minimum Gasteiger partial charge on any atom is -0.356 e. The number of carbonyl (C=O) groups is 1. The summed E-state index contributed by atoms with van der Waals surface area (Å²) in [6, 6.07) is 10.0. The zero-order chi connectivity index (χ0) is 17.5. The number of nitrogens with zero attached hydrogens (tertiary/aromatic N) is 2. The summed E-state index contributed by atoms with van der Waals surface area (Å²) in [5.41, 5.74) is 2.18. The minimum absolute atomic E-state index is 0.161. The van der Waals surface area contributed by atoms with Gasteiger partial charge in [0.2, 0.25) is 5.91 Å². The summed E-state index contributed by atoms with van der Waals surface area (Å²) >= 11 is 0. The molecule has 2 aromatic rings. The molecule has 1 saturated heterocycles. The number of carbonyl (C=O) groups excluding carboxylic acids is 1. The van der Waals surface area contributed by atoms with Crippen LogP contribution in [-0.4, -0.2) is 35.3 Å². The van der Waals surface area contributed by atoms with Crippen LogP contribution in [0.15, 0.2) is 42.7 Å². The van der Waals surface area contributed by atoms with E-state index in [1.54, 1.807) is 0 Å². The lowest BCUT2D eigenvalue weighted by molar-refractivity contribution is -0.122. The summed E-state index contributed by atoms with van der Waals surface area (Å²) in [5, 5.41) is 10.9. The molecule has 1 amide bonds. The lowest BCUT2D eigenvalue weighted by Gasteiger charge is -2.28. The van der Waals surface area contributed by atoms with Gasteiger partial charge in [0.05, 0.1) is 11.9 Å². The zero-order valence-corrected chi connectivity index (χ0v) is 14.9. The Morgan fingerprint density at radius 1 is 1.40 bits per heavy atom. The van der Waals surface area contributed by atoms with Crippen molar-refractivity contribution in [1.29, 1.82) is 0 Å². The van der Waals surface area contributed by atoms with E-state index in [1.807, 2.05) is 47.4 Å². The monoisotopic (exact) mass is 340 g/mol. The smallest absolute Gasteiger partial charge is 0.220 e. The largest absolute Gasteiger partial charge is 0.356 e. The maximum absolute atomic E-state index is 12.2. The highest BCUT2D eigenvalue weighted by Crippen LogP contribution is 2.22. The number of benzene rings is 1. The van der Waals surface area contributed by atoms with E-state index < -0.39 is 0 Å². The van der Waals surface area contributed by atoms with Gasteiger partial charge in [-0.2, -0.15) is 5.10 Å². The van der Waals surface area contributed by atoms with Gasteiger partial charge in [-0.25, -0.2) is 4.68 Å². The number of amides is 1. The Hall–Kier alpha value is -2.14. The zero-order valence-electron chi connectivity index (χ0n) is 14.9. The molecule has 2 heterocycles. The van der Waals surface area contributed by atoms with Crippen LogP contribution in [0.3, 0.4) is 0 Å². The normalized spacial score (nSPS) is 18.7. The molecule has 2 unspecified atom stereocenters. The van der Waals surface area contributed by atoms with Crippen LogP contribution >= 0.6 is 0 Å². The highest BCUT2D eigenvalue weighted by molar-refractivity contribution is 5.76. The topological polar surface area (TPSA) is 59.0 Å². The van der Waals surface area contributed by atoms with Crippen LogP contribution in [0.4, 0.5) is 0 Å². The molecule has 2 atom stereocenters. The third kappa shape index (κ3) is 5.16. The summed E-state index contributed by atoms with van der Waals surface area (Å²) in [7, 11) is 0. The molecule has 0 bridgehead atoms.